The maximum Gasteiger partial charge on any atom is 0.275 e. The van der Waals surface area contributed by atoms with Gasteiger partial charge < -0.3 is 4.74 Å². The van der Waals surface area contributed by atoms with Gasteiger partial charge in [-0.3, -0.25) is 4.79 Å². The number of amides is 1. The Morgan fingerprint density at radius 1 is 1.08 bits per heavy atom. The van der Waals surface area contributed by atoms with E-state index in [-0.39, 0.29) is 5.82 Å². The van der Waals surface area contributed by atoms with Crippen molar-refractivity contribution >= 4 is 22.9 Å². The molecule has 0 heterocycles. The number of rotatable bonds is 4. The molecular weight excluding hydrogens is 307 g/mol. The van der Waals surface area contributed by atoms with E-state index >= 15 is 0 Å². The van der Waals surface area contributed by atoms with Gasteiger partial charge in [-0.15, -0.1) is 0 Å². The summed E-state index contributed by atoms with van der Waals surface area (Å²) in [6.07, 6.45) is 1.38. The van der Waals surface area contributed by atoms with Gasteiger partial charge in [-0.1, -0.05) is 36.4 Å². The van der Waals surface area contributed by atoms with Crippen molar-refractivity contribution in [1.29, 1.82) is 0 Å². The maximum absolute atomic E-state index is 13.1. The zero-order chi connectivity index (χ0) is 16.9. The van der Waals surface area contributed by atoms with Crippen LogP contribution in [-0.2, 0) is 0 Å². The monoisotopic (exact) mass is 322 g/mol. The molecule has 0 aliphatic rings. The summed E-state index contributed by atoms with van der Waals surface area (Å²) in [7, 11) is 1.51. The first-order valence-corrected chi connectivity index (χ1v) is 7.33. The maximum atomic E-state index is 13.1. The van der Waals surface area contributed by atoms with Gasteiger partial charge >= 0.3 is 0 Å². The molecule has 0 atom stereocenters. The van der Waals surface area contributed by atoms with Crippen molar-refractivity contribution in [3.05, 3.63) is 77.6 Å². The van der Waals surface area contributed by atoms with Crippen molar-refractivity contribution in [3.8, 4) is 5.75 Å². The molecule has 0 aromatic heterocycles. The van der Waals surface area contributed by atoms with E-state index in [0.717, 1.165) is 10.8 Å². The Hall–Kier alpha value is -3.21. The number of benzene rings is 3. The van der Waals surface area contributed by atoms with Crippen molar-refractivity contribution in [3.63, 3.8) is 0 Å². The number of methoxy groups -OCH3 is 1. The lowest BCUT2D eigenvalue weighted by Gasteiger charge is -2.09. The third-order valence-corrected chi connectivity index (χ3v) is 3.54. The van der Waals surface area contributed by atoms with E-state index in [0.29, 0.717) is 16.9 Å². The molecule has 120 valence electrons. The molecule has 1 N–H and O–H groups in total. The van der Waals surface area contributed by atoms with Crippen LogP contribution in [0.3, 0.4) is 0 Å². The predicted octanol–water partition coefficient (Wildman–Crippen LogP) is 3.75. The van der Waals surface area contributed by atoms with Crippen molar-refractivity contribution in [2.45, 2.75) is 0 Å². The Bertz CT molecular complexity index is 922. The Morgan fingerprint density at radius 2 is 1.83 bits per heavy atom. The SMILES string of the molecule is COc1cc2ccccc2cc1C(=O)NN=Cc1cccc(F)c1. The number of halogens is 1. The van der Waals surface area contributed by atoms with Gasteiger partial charge in [-0.2, -0.15) is 5.10 Å². The summed E-state index contributed by atoms with van der Waals surface area (Å²) in [5, 5.41) is 5.78. The van der Waals surface area contributed by atoms with Crippen LogP contribution in [0.5, 0.6) is 5.75 Å². The fourth-order valence-corrected chi connectivity index (χ4v) is 2.38. The normalized spacial score (nSPS) is 10.9. The summed E-state index contributed by atoms with van der Waals surface area (Å²) >= 11 is 0. The van der Waals surface area contributed by atoms with Gasteiger partial charge in [-0.25, -0.2) is 9.82 Å². The second kappa shape index (κ2) is 6.91. The van der Waals surface area contributed by atoms with Crippen LogP contribution in [0.25, 0.3) is 10.8 Å². The Balaban J connectivity index is 1.83. The number of hydrogen-bond donors (Lipinski definition) is 1. The lowest BCUT2D eigenvalue weighted by atomic mass is 10.1. The van der Waals surface area contributed by atoms with Crippen LogP contribution < -0.4 is 10.2 Å². The molecule has 0 unspecified atom stereocenters. The second-order valence-electron chi connectivity index (χ2n) is 5.15. The van der Waals surface area contributed by atoms with Crippen LogP contribution >= 0.6 is 0 Å². The molecule has 0 fully saturated rings. The van der Waals surface area contributed by atoms with E-state index in [4.69, 9.17) is 4.74 Å². The minimum atomic E-state index is -0.398. The molecule has 24 heavy (non-hydrogen) atoms. The first-order valence-electron chi connectivity index (χ1n) is 7.33. The van der Waals surface area contributed by atoms with Gasteiger partial charge in [0.25, 0.3) is 5.91 Å². The molecule has 0 spiro atoms. The number of nitrogens with one attached hydrogen (secondary N) is 1. The average molecular weight is 322 g/mol. The minimum absolute atomic E-state index is 0.360. The highest BCUT2D eigenvalue weighted by Gasteiger charge is 2.13. The number of hydrazone groups is 1. The molecule has 4 nitrogen and oxygen atoms in total. The molecule has 3 rings (SSSR count). The third kappa shape index (κ3) is 3.41. The molecule has 0 aliphatic heterocycles. The molecule has 3 aromatic carbocycles. The summed E-state index contributed by atoms with van der Waals surface area (Å²) in [5.41, 5.74) is 3.37. The fraction of sp³-hybridized carbons (Fsp3) is 0.0526. The highest BCUT2D eigenvalue weighted by molar-refractivity contribution is 6.01. The quantitative estimate of drug-likeness (QED) is 0.587. The average Bonchev–Trinajstić information content (AvgIpc) is 2.60. The van der Waals surface area contributed by atoms with Gasteiger partial charge in [0.2, 0.25) is 0 Å². The van der Waals surface area contributed by atoms with Crippen molar-refractivity contribution in [1.82, 2.24) is 5.43 Å². The Kier molecular flexibility index (Phi) is 4.52. The third-order valence-electron chi connectivity index (χ3n) is 3.54. The van der Waals surface area contributed by atoms with Gasteiger partial charge in [0.1, 0.15) is 11.6 Å². The number of ether oxygens (including phenoxy) is 1. The zero-order valence-corrected chi connectivity index (χ0v) is 13.0. The van der Waals surface area contributed by atoms with Crippen LogP contribution in [-0.4, -0.2) is 19.2 Å². The number of fused-ring (bicyclic) bond motifs is 1. The number of hydrogen-bond acceptors (Lipinski definition) is 3. The van der Waals surface area contributed by atoms with Crippen LogP contribution in [0.1, 0.15) is 15.9 Å². The highest BCUT2D eigenvalue weighted by Crippen LogP contribution is 2.25. The molecule has 0 saturated carbocycles. The summed E-state index contributed by atoms with van der Waals surface area (Å²) in [4.78, 5) is 12.3. The second-order valence-corrected chi connectivity index (χ2v) is 5.15. The van der Waals surface area contributed by atoms with E-state index in [2.05, 4.69) is 10.5 Å². The molecule has 1 amide bonds. The summed E-state index contributed by atoms with van der Waals surface area (Å²) in [5.74, 6) is -0.293. The fourth-order valence-electron chi connectivity index (χ4n) is 2.38. The van der Waals surface area contributed by atoms with Gasteiger partial charge in [0.15, 0.2) is 0 Å². The first-order chi connectivity index (χ1) is 11.7. The smallest absolute Gasteiger partial charge is 0.275 e. The molecular formula is C19H15FN2O2. The Labute approximate surface area is 138 Å². The van der Waals surface area contributed by atoms with E-state index in [1.165, 1.54) is 25.5 Å². The van der Waals surface area contributed by atoms with Crippen molar-refractivity contribution in [2.24, 2.45) is 5.10 Å². The lowest BCUT2D eigenvalue weighted by molar-refractivity contribution is 0.0952. The minimum Gasteiger partial charge on any atom is -0.496 e. The summed E-state index contributed by atoms with van der Waals surface area (Å²) in [6.45, 7) is 0. The number of nitrogens with zero attached hydrogens (tertiary/aromatic N) is 1. The molecule has 0 aliphatic carbocycles. The van der Waals surface area contributed by atoms with Crippen molar-refractivity contribution < 1.29 is 13.9 Å². The van der Waals surface area contributed by atoms with Crippen LogP contribution in [0.15, 0.2) is 65.8 Å². The van der Waals surface area contributed by atoms with Gasteiger partial charge in [-0.05, 0) is 40.6 Å². The van der Waals surface area contributed by atoms with Gasteiger partial charge in [0.05, 0.1) is 18.9 Å². The largest absolute Gasteiger partial charge is 0.496 e. The van der Waals surface area contributed by atoms with E-state index in [1.807, 2.05) is 24.3 Å². The predicted molar refractivity (Wildman–Crippen MR) is 92.0 cm³/mol. The Morgan fingerprint density at radius 3 is 2.54 bits per heavy atom. The number of carbonyl (C=O) groups excluding carboxylic acids is 1. The van der Waals surface area contributed by atoms with Crippen LogP contribution in [0.4, 0.5) is 4.39 Å². The molecule has 0 saturated heterocycles. The van der Waals surface area contributed by atoms with E-state index in [9.17, 15) is 9.18 Å². The summed E-state index contributed by atoms with van der Waals surface area (Å²) in [6, 6.07) is 17.2. The van der Waals surface area contributed by atoms with E-state index < -0.39 is 5.91 Å². The molecule has 0 radical (unpaired) electrons. The lowest BCUT2D eigenvalue weighted by Crippen LogP contribution is -2.18. The summed E-state index contributed by atoms with van der Waals surface area (Å²) < 4.78 is 18.4. The standard InChI is InChI=1S/C19H15FN2O2/c1-24-18-11-15-7-3-2-6-14(15)10-17(18)19(23)22-21-12-13-5-4-8-16(20)9-13/h2-12H,1H3,(H,22,23). The first kappa shape index (κ1) is 15.7. The van der Waals surface area contributed by atoms with Gasteiger partial charge in [0, 0.05) is 0 Å². The topological polar surface area (TPSA) is 50.7 Å². The van der Waals surface area contributed by atoms with E-state index in [1.54, 1.807) is 24.3 Å². The van der Waals surface area contributed by atoms with Crippen LogP contribution in [0.2, 0.25) is 0 Å². The number of carbonyl (C=O) groups is 1. The zero-order valence-electron chi connectivity index (χ0n) is 13.0. The van der Waals surface area contributed by atoms with Crippen LogP contribution in [0, 0.1) is 5.82 Å². The van der Waals surface area contributed by atoms with Crippen molar-refractivity contribution in [2.75, 3.05) is 7.11 Å². The molecule has 5 heteroatoms. The highest BCUT2D eigenvalue weighted by atomic mass is 19.1. The molecule has 0 bridgehead atoms. The molecule has 3 aromatic rings.